The van der Waals surface area contributed by atoms with E-state index in [-0.39, 0.29) is 18.4 Å². The lowest BCUT2D eigenvalue weighted by atomic mass is 10.1. The number of rotatable bonds is 7. The molecule has 0 aromatic heterocycles. The SMILES string of the molecule is CC(CCO)CNC(=O)c1ccccc1Oc1ccccc1. The van der Waals surface area contributed by atoms with Gasteiger partial charge in [0.05, 0.1) is 5.56 Å². The van der Waals surface area contributed by atoms with Crippen LogP contribution in [-0.2, 0) is 0 Å². The summed E-state index contributed by atoms with van der Waals surface area (Å²) >= 11 is 0. The second-order valence-electron chi connectivity index (χ2n) is 5.24. The van der Waals surface area contributed by atoms with Crippen molar-refractivity contribution < 1.29 is 14.6 Å². The molecule has 1 amide bonds. The molecule has 0 saturated carbocycles. The minimum Gasteiger partial charge on any atom is -0.457 e. The number of carbonyl (C=O) groups excluding carboxylic acids is 1. The second-order valence-corrected chi connectivity index (χ2v) is 5.24. The number of nitrogens with one attached hydrogen (secondary N) is 1. The van der Waals surface area contributed by atoms with Crippen molar-refractivity contribution in [2.75, 3.05) is 13.2 Å². The molecule has 0 saturated heterocycles. The molecular weight excluding hydrogens is 278 g/mol. The van der Waals surface area contributed by atoms with Crippen LogP contribution in [0, 0.1) is 5.92 Å². The Morgan fingerprint density at radius 1 is 1.14 bits per heavy atom. The fourth-order valence-electron chi connectivity index (χ4n) is 2.04. The summed E-state index contributed by atoms with van der Waals surface area (Å²) in [5, 5.41) is 11.8. The number of benzene rings is 2. The van der Waals surface area contributed by atoms with Crippen LogP contribution in [0.15, 0.2) is 54.6 Å². The molecule has 2 N–H and O–H groups in total. The van der Waals surface area contributed by atoms with Crippen molar-refractivity contribution in [1.82, 2.24) is 5.32 Å². The van der Waals surface area contributed by atoms with Crippen LogP contribution >= 0.6 is 0 Å². The maximum atomic E-state index is 12.3. The summed E-state index contributed by atoms with van der Waals surface area (Å²) in [7, 11) is 0. The lowest BCUT2D eigenvalue weighted by Gasteiger charge is -2.14. The molecule has 0 spiro atoms. The van der Waals surface area contributed by atoms with Crippen LogP contribution in [0.25, 0.3) is 0 Å². The molecule has 2 aromatic carbocycles. The predicted octanol–water partition coefficient (Wildman–Crippen LogP) is 3.23. The van der Waals surface area contributed by atoms with Gasteiger partial charge >= 0.3 is 0 Å². The number of hydrogen-bond donors (Lipinski definition) is 2. The fraction of sp³-hybridized carbons (Fsp3) is 0.278. The molecule has 0 aliphatic heterocycles. The third kappa shape index (κ3) is 4.60. The van der Waals surface area contributed by atoms with Crippen molar-refractivity contribution in [3.05, 3.63) is 60.2 Å². The molecule has 4 nitrogen and oxygen atoms in total. The third-order valence-corrected chi connectivity index (χ3v) is 3.34. The van der Waals surface area contributed by atoms with Gasteiger partial charge in [0.25, 0.3) is 5.91 Å². The Kier molecular flexibility index (Phi) is 5.98. The molecule has 2 rings (SSSR count). The zero-order chi connectivity index (χ0) is 15.8. The summed E-state index contributed by atoms with van der Waals surface area (Å²) < 4.78 is 5.78. The Bertz CT molecular complexity index is 598. The maximum Gasteiger partial charge on any atom is 0.255 e. The van der Waals surface area contributed by atoms with E-state index in [0.29, 0.717) is 30.0 Å². The average molecular weight is 299 g/mol. The lowest BCUT2D eigenvalue weighted by Crippen LogP contribution is -2.28. The first kappa shape index (κ1) is 16.0. The Morgan fingerprint density at radius 2 is 1.82 bits per heavy atom. The van der Waals surface area contributed by atoms with E-state index >= 15 is 0 Å². The van der Waals surface area contributed by atoms with E-state index in [0.717, 1.165) is 0 Å². The summed E-state index contributed by atoms with van der Waals surface area (Å²) in [6, 6.07) is 16.5. The van der Waals surface area contributed by atoms with Crippen molar-refractivity contribution in [3.8, 4) is 11.5 Å². The zero-order valence-electron chi connectivity index (χ0n) is 12.7. The van der Waals surface area contributed by atoms with Gasteiger partial charge in [0.1, 0.15) is 11.5 Å². The van der Waals surface area contributed by atoms with E-state index in [1.54, 1.807) is 12.1 Å². The predicted molar refractivity (Wildman–Crippen MR) is 86.2 cm³/mol. The highest BCUT2D eigenvalue weighted by Gasteiger charge is 2.13. The number of amides is 1. The van der Waals surface area contributed by atoms with E-state index in [4.69, 9.17) is 9.84 Å². The van der Waals surface area contributed by atoms with Gasteiger partial charge in [-0.2, -0.15) is 0 Å². The van der Waals surface area contributed by atoms with Gasteiger partial charge in [0.15, 0.2) is 0 Å². The van der Waals surface area contributed by atoms with Gasteiger partial charge in [-0.3, -0.25) is 4.79 Å². The highest BCUT2D eigenvalue weighted by molar-refractivity contribution is 5.97. The van der Waals surface area contributed by atoms with Crippen molar-refractivity contribution in [3.63, 3.8) is 0 Å². The largest absolute Gasteiger partial charge is 0.457 e. The quantitative estimate of drug-likeness (QED) is 0.825. The first-order valence-electron chi connectivity index (χ1n) is 7.41. The van der Waals surface area contributed by atoms with Crippen LogP contribution in [0.1, 0.15) is 23.7 Å². The first-order valence-corrected chi connectivity index (χ1v) is 7.41. The summed E-state index contributed by atoms with van der Waals surface area (Å²) in [4.78, 5) is 12.3. The molecule has 0 fully saturated rings. The van der Waals surface area contributed by atoms with E-state index in [2.05, 4.69) is 5.32 Å². The van der Waals surface area contributed by atoms with Crippen LogP contribution in [0.3, 0.4) is 0 Å². The molecule has 2 aromatic rings. The lowest BCUT2D eigenvalue weighted by molar-refractivity contribution is 0.0943. The van der Waals surface area contributed by atoms with Gasteiger partial charge in [0.2, 0.25) is 0 Å². The van der Waals surface area contributed by atoms with Crippen molar-refractivity contribution in [2.45, 2.75) is 13.3 Å². The Morgan fingerprint density at radius 3 is 2.55 bits per heavy atom. The minimum absolute atomic E-state index is 0.130. The smallest absolute Gasteiger partial charge is 0.255 e. The summed E-state index contributed by atoms with van der Waals surface area (Å²) in [5.41, 5.74) is 0.502. The van der Waals surface area contributed by atoms with Gasteiger partial charge in [0, 0.05) is 13.2 Å². The molecule has 0 heterocycles. The van der Waals surface area contributed by atoms with E-state index in [1.807, 2.05) is 49.4 Å². The number of ether oxygens (including phenoxy) is 1. The first-order chi connectivity index (χ1) is 10.7. The fourth-order valence-corrected chi connectivity index (χ4v) is 2.04. The summed E-state index contributed by atoms with van der Waals surface area (Å²) in [6.45, 7) is 2.65. The molecule has 0 radical (unpaired) electrons. The van der Waals surface area contributed by atoms with Crippen molar-refractivity contribution in [2.24, 2.45) is 5.92 Å². The molecule has 0 aliphatic carbocycles. The molecule has 1 unspecified atom stereocenters. The zero-order valence-corrected chi connectivity index (χ0v) is 12.7. The van der Waals surface area contributed by atoms with Crippen LogP contribution in [0.4, 0.5) is 0 Å². The number of para-hydroxylation sites is 2. The number of hydrogen-bond acceptors (Lipinski definition) is 3. The number of carbonyl (C=O) groups is 1. The molecule has 0 bridgehead atoms. The topological polar surface area (TPSA) is 58.6 Å². The molecule has 1 atom stereocenters. The minimum atomic E-state index is -0.170. The maximum absolute atomic E-state index is 12.3. The molecule has 0 aliphatic rings. The summed E-state index contributed by atoms with van der Waals surface area (Å²) in [5.74, 6) is 1.28. The van der Waals surface area contributed by atoms with Gasteiger partial charge in [-0.25, -0.2) is 0 Å². The van der Waals surface area contributed by atoms with Gasteiger partial charge in [-0.15, -0.1) is 0 Å². The van der Waals surface area contributed by atoms with E-state index in [9.17, 15) is 4.79 Å². The highest BCUT2D eigenvalue weighted by atomic mass is 16.5. The van der Waals surface area contributed by atoms with Crippen LogP contribution in [0.2, 0.25) is 0 Å². The van der Waals surface area contributed by atoms with E-state index in [1.165, 1.54) is 0 Å². The molecular formula is C18H21NO3. The Balaban J connectivity index is 2.06. The number of aliphatic hydroxyl groups is 1. The monoisotopic (exact) mass is 299 g/mol. The standard InChI is InChI=1S/C18H21NO3/c1-14(11-12-20)13-19-18(21)16-9-5-6-10-17(16)22-15-7-3-2-4-8-15/h2-10,14,20H,11-13H2,1H3,(H,19,21). The average Bonchev–Trinajstić information content (AvgIpc) is 2.54. The van der Waals surface area contributed by atoms with Crippen molar-refractivity contribution >= 4 is 5.91 Å². The third-order valence-electron chi connectivity index (χ3n) is 3.34. The van der Waals surface area contributed by atoms with Gasteiger partial charge in [-0.05, 0) is 36.6 Å². The van der Waals surface area contributed by atoms with Crippen LogP contribution in [0.5, 0.6) is 11.5 Å². The highest BCUT2D eigenvalue weighted by Crippen LogP contribution is 2.24. The van der Waals surface area contributed by atoms with Crippen molar-refractivity contribution in [1.29, 1.82) is 0 Å². The van der Waals surface area contributed by atoms with Gasteiger partial charge < -0.3 is 15.2 Å². The second kappa shape index (κ2) is 8.20. The van der Waals surface area contributed by atoms with Crippen LogP contribution < -0.4 is 10.1 Å². The van der Waals surface area contributed by atoms with Gasteiger partial charge in [-0.1, -0.05) is 37.3 Å². The van der Waals surface area contributed by atoms with E-state index < -0.39 is 0 Å². The normalized spacial score (nSPS) is 11.7. The number of aliphatic hydroxyl groups excluding tert-OH is 1. The molecule has 22 heavy (non-hydrogen) atoms. The van der Waals surface area contributed by atoms with Crippen LogP contribution in [-0.4, -0.2) is 24.2 Å². The summed E-state index contributed by atoms with van der Waals surface area (Å²) in [6.07, 6.45) is 0.669. The Hall–Kier alpha value is -2.33. The molecule has 4 heteroatoms. The molecule has 116 valence electrons. The Labute approximate surface area is 130 Å².